The van der Waals surface area contributed by atoms with Crippen LogP contribution in [-0.2, 0) is 13.0 Å². The monoisotopic (exact) mass is 423 g/mol. The third-order valence-corrected chi connectivity index (χ3v) is 5.77. The molecule has 0 aromatic heterocycles. The van der Waals surface area contributed by atoms with E-state index in [-0.39, 0.29) is 0 Å². The van der Waals surface area contributed by atoms with Crippen LogP contribution in [0.2, 0.25) is 5.02 Å². The number of halogens is 1. The van der Waals surface area contributed by atoms with Crippen molar-refractivity contribution in [3.8, 4) is 11.5 Å². The Labute approximate surface area is 181 Å². The van der Waals surface area contributed by atoms with Crippen LogP contribution < -0.4 is 9.47 Å². The molecule has 0 aliphatic carbocycles. The van der Waals surface area contributed by atoms with Gasteiger partial charge >= 0.3 is 0 Å². The molecule has 0 fully saturated rings. The highest BCUT2D eigenvalue weighted by molar-refractivity contribution is 7.80. The second kappa shape index (κ2) is 9.29. The van der Waals surface area contributed by atoms with Gasteiger partial charge in [0.1, 0.15) is 29.7 Å². The number of nitrogens with zero attached hydrogens (tertiary/aromatic N) is 1. The molecule has 0 saturated carbocycles. The molecule has 0 atom stereocenters. The van der Waals surface area contributed by atoms with Crippen LogP contribution in [0.4, 0.5) is 0 Å². The minimum atomic E-state index is 0.428. The van der Waals surface area contributed by atoms with Crippen molar-refractivity contribution in [1.29, 1.82) is 0 Å². The summed E-state index contributed by atoms with van der Waals surface area (Å²) in [6.45, 7) is 2.69. The Kier molecular flexibility index (Phi) is 6.33. The number of hydrogen-bond acceptors (Lipinski definition) is 3. The highest BCUT2D eigenvalue weighted by Crippen LogP contribution is 2.24. The van der Waals surface area contributed by atoms with Gasteiger partial charge in [0, 0.05) is 18.7 Å². The number of fused-ring (bicyclic) bond motifs is 1. The number of ether oxygens (including phenoxy) is 2. The Morgan fingerprint density at radius 2 is 1.55 bits per heavy atom. The molecule has 148 valence electrons. The minimum Gasteiger partial charge on any atom is -0.490 e. The first-order valence-corrected chi connectivity index (χ1v) is 10.5. The fourth-order valence-electron chi connectivity index (χ4n) is 3.42. The van der Waals surface area contributed by atoms with Gasteiger partial charge in [-0.05, 0) is 53.9 Å². The van der Waals surface area contributed by atoms with Crippen LogP contribution in [0.1, 0.15) is 16.7 Å². The molecule has 0 amide bonds. The predicted octanol–water partition coefficient (Wildman–Crippen LogP) is 5.53. The summed E-state index contributed by atoms with van der Waals surface area (Å²) >= 11 is 11.8. The Hall–Kier alpha value is -2.56. The van der Waals surface area contributed by atoms with Crippen LogP contribution in [0.15, 0.2) is 72.8 Å². The smallest absolute Gasteiger partial charge is 0.138 e. The van der Waals surface area contributed by atoms with E-state index in [1.165, 1.54) is 11.1 Å². The fourth-order valence-corrected chi connectivity index (χ4v) is 3.90. The molecule has 0 N–H and O–H groups in total. The first-order chi connectivity index (χ1) is 14.2. The Balaban J connectivity index is 1.29. The molecule has 0 spiro atoms. The largest absolute Gasteiger partial charge is 0.490 e. The molecule has 3 nitrogen and oxygen atoms in total. The number of para-hydroxylation sites is 1. The molecule has 3 aromatic rings. The molecule has 5 heteroatoms. The third kappa shape index (κ3) is 4.89. The lowest BCUT2D eigenvalue weighted by Crippen LogP contribution is -2.35. The molecule has 0 bridgehead atoms. The van der Waals surface area contributed by atoms with E-state index in [4.69, 9.17) is 33.3 Å². The molecular weight excluding hydrogens is 402 g/mol. The van der Waals surface area contributed by atoms with Gasteiger partial charge in [0.2, 0.25) is 0 Å². The van der Waals surface area contributed by atoms with Gasteiger partial charge in [-0.2, -0.15) is 0 Å². The van der Waals surface area contributed by atoms with E-state index < -0.39 is 0 Å². The molecule has 1 aliphatic rings. The summed E-state index contributed by atoms with van der Waals surface area (Å²) < 4.78 is 11.4. The van der Waals surface area contributed by atoms with E-state index in [2.05, 4.69) is 29.2 Å². The lowest BCUT2D eigenvalue weighted by atomic mass is 9.99. The van der Waals surface area contributed by atoms with E-state index in [1.807, 2.05) is 42.5 Å². The van der Waals surface area contributed by atoms with Gasteiger partial charge in [-0.3, -0.25) is 0 Å². The Morgan fingerprint density at radius 3 is 2.34 bits per heavy atom. The van der Waals surface area contributed by atoms with Crippen molar-refractivity contribution >= 4 is 28.8 Å². The van der Waals surface area contributed by atoms with Gasteiger partial charge in [0.05, 0.1) is 5.02 Å². The Morgan fingerprint density at radius 1 is 0.862 bits per heavy atom. The molecular formula is C24H22ClNO2S. The van der Waals surface area contributed by atoms with Gasteiger partial charge in [-0.25, -0.2) is 0 Å². The average molecular weight is 424 g/mol. The molecule has 0 unspecified atom stereocenters. The molecule has 1 heterocycles. The van der Waals surface area contributed by atoms with Gasteiger partial charge in [0.25, 0.3) is 0 Å². The van der Waals surface area contributed by atoms with Crippen molar-refractivity contribution < 1.29 is 9.47 Å². The van der Waals surface area contributed by atoms with E-state index >= 15 is 0 Å². The first-order valence-electron chi connectivity index (χ1n) is 9.67. The molecule has 1 aliphatic heterocycles. The zero-order valence-corrected chi connectivity index (χ0v) is 17.6. The Bertz CT molecular complexity index is 990. The van der Waals surface area contributed by atoms with Crippen LogP contribution in [0.25, 0.3) is 0 Å². The van der Waals surface area contributed by atoms with Gasteiger partial charge in [0.15, 0.2) is 0 Å². The maximum atomic E-state index is 6.08. The van der Waals surface area contributed by atoms with E-state index in [0.717, 1.165) is 35.8 Å². The SMILES string of the molecule is S=C(c1ccc(OCCOc2ccccc2Cl)cc1)N1CCc2ccccc2C1. The van der Waals surface area contributed by atoms with Crippen molar-refractivity contribution in [1.82, 2.24) is 4.90 Å². The predicted molar refractivity (Wildman–Crippen MR) is 121 cm³/mol. The number of thiocarbonyl (C=S) groups is 1. The van der Waals surface area contributed by atoms with Crippen LogP contribution in [-0.4, -0.2) is 29.6 Å². The maximum Gasteiger partial charge on any atom is 0.138 e. The van der Waals surface area contributed by atoms with Gasteiger partial charge in [-0.15, -0.1) is 0 Å². The first kappa shape index (κ1) is 19.7. The highest BCUT2D eigenvalue weighted by Gasteiger charge is 2.18. The van der Waals surface area contributed by atoms with Gasteiger partial charge < -0.3 is 14.4 Å². The zero-order chi connectivity index (χ0) is 20.1. The van der Waals surface area contributed by atoms with Crippen LogP contribution >= 0.6 is 23.8 Å². The molecule has 0 saturated heterocycles. The van der Waals surface area contributed by atoms with Crippen molar-refractivity contribution in [3.05, 3.63) is 94.5 Å². The second-order valence-electron chi connectivity index (χ2n) is 6.90. The molecule has 0 radical (unpaired) electrons. The summed E-state index contributed by atoms with van der Waals surface area (Å²) in [5.74, 6) is 1.46. The lowest BCUT2D eigenvalue weighted by Gasteiger charge is -2.31. The average Bonchev–Trinajstić information content (AvgIpc) is 2.77. The molecule has 29 heavy (non-hydrogen) atoms. The highest BCUT2D eigenvalue weighted by atomic mass is 35.5. The summed E-state index contributed by atoms with van der Waals surface area (Å²) in [5, 5.41) is 0.603. The van der Waals surface area contributed by atoms with Gasteiger partial charge in [-0.1, -0.05) is 60.2 Å². The topological polar surface area (TPSA) is 21.7 Å². The quantitative estimate of drug-likeness (QED) is 0.383. The van der Waals surface area contributed by atoms with Crippen molar-refractivity contribution in [2.24, 2.45) is 0 Å². The maximum absolute atomic E-state index is 6.08. The normalized spacial score (nSPS) is 12.9. The fraction of sp³-hybridized carbons (Fsp3) is 0.208. The van der Waals surface area contributed by atoms with Crippen molar-refractivity contribution in [3.63, 3.8) is 0 Å². The van der Waals surface area contributed by atoms with E-state index in [1.54, 1.807) is 6.07 Å². The summed E-state index contributed by atoms with van der Waals surface area (Å²) in [4.78, 5) is 3.15. The minimum absolute atomic E-state index is 0.428. The molecule has 3 aromatic carbocycles. The van der Waals surface area contributed by atoms with Crippen LogP contribution in [0.5, 0.6) is 11.5 Å². The number of rotatable bonds is 6. The second-order valence-corrected chi connectivity index (χ2v) is 7.69. The van der Waals surface area contributed by atoms with Crippen LogP contribution in [0, 0.1) is 0 Å². The van der Waals surface area contributed by atoms with Crippen molar-refractivity contribution in [2.45, 2.75) is 13.0 Å². The van der Waals surface area contributed by atoms with E-state index in [0.29, 0.717) is 24.0 Å². The summed E-state index contributed by atoms with van der Waals surface area (Å²) in [6, 6.07) is 24.0. The van der Waals surface area contributed by atoms with Crippen LogP contribution in [0.3, 0.4) is 0 Å². The summed E-state index contributed by atoms with van der Waals surface area (Å²) in [5.41, 5.74) is 3.83. The van der Waals surface area contributed by atoms with E-state index in [9.17, 15) is 0 Å². The third-order valence-electron chi connectivity index (χ3n) is 4.97. The summed E-state index contributed by atoms with van der Waals surface area (Å²) in [6.07, 6.45) is 1.03. The summed E-state index contributed by atoms with van der Waals surface area (Å²) in [7, 11) is 0. The number of benzene rings is 3. The molecule has 4 rings (SSSR count). The zero-order valence-electron chi connectivity index (χ0n) is 16.0. The lowest BCUT2D eigenvalue weighted by molar-refractivity contribution is 0.217. The standard InChI is InChI=1S/C24H22ClNO2S/c25-22-7-3-4-8-23(22)28-16-15-27-21-11-9-19(10-12-21)24(29)26-14-13-18-5-1-2-6-20(18)17-26/h1-12H,13-17H2. The number of hydrogen-bond donors (Lipinski definition) is 0. The van der Waals surface area contributed by atoms with Crippen molar-refractivity contribution in [2.75, 3.05) is 19.8 Å².